The molecule has 4 heteroatoms. The van der Waals surface area contributed by atoms with E-state index in [1.807, 2.05) is 26.8 Å². The van der Waals surface area contributed by atoms with Crippen LogP contribution in [0.4, 0.5) is 4.39 Å². The van der Waals surface area contributed by atoms with Crippen LogP contribution in [0.3, 0.4) is 0 Å². The molecule has 0 fully saturated rings. The van der Waals surface area contributed by atoms with E-state index in [0.29, 0.717) is 13.2 Å². The predicted molar refractivity (Wildman–Crippen MR) is 79.3 cm³/mol. The first kappa shape index (κ1) is 17.1. The van der Waals surface area contributed by atoms with Crippen molar-refractivity contribution in [2.24, 2.45) is 0 Å². The van der Waals surface area contributed by atoms with E-state index in [9.17, 15) is 4.39 Å². The van der Waals surface area contributed by atoms with Crippen molar-refractivity contribution in [3.63, 3.8) is 0 Å². The Hall–Kier alpha value is -0.970. The molecule has 0 aliphatic carbocycles. The molecule has 1 N–H and O–H groups in total. The first-order valence-corrected chi connectivity index (χ1v) is 7.33. The maximum Gasteiger partial charge on any atom is 0.172 e. The summed E-state index contributed by atoms with van der Waals surface area (Å²) >= 11 is 0. The summed E-state index contributed by atoms with van der Waals surface area (Å²) in [4.78, 5) is 0. The highest BCUT2D eigenvalue weighted by molar-refractivity contribution is 5.27. The number of ether oxygens (including phenoxy) is 2. The zero-order chi connectivity index (χ0) is 15.0. The Balaban J connectivity index is 2.83. The number of hydrogen-bond donors (Lipinski definition) is 1. The Kier molecular flexibility index (Phi) is 7.73. The third kappa shape index (κ3) is 5.19. The molecule has 1 rings (SSSR count). The summed E-state index contributed by atoms with van der Waals surface area (Å²) in [6.45, 7) is 9.94. The molecule has 3 nitrogen and oxygen atoms in total. The fraction of sp³-hybridized carbons (Fsp3) is 0.625. The van der Waals surface area contributed by atoms with Crippen molar-refractivity contribution in [1.82, 2.24) is 5.32 Å². The van der Waals surface area contributed by atoms with E-state index in [-0.39, 0.29) is 18.1 Å². The van der Waals surface area contributed by atoms with Crippen LogP contribution in [0.5, 0.6) is 0 Å². The molecular weight excluding hydrogens is 257 g/mol. The van der Waals surface area contributed by atoms with Gasteiger partial charge in [0, 0.05) is 13.2 Å². The van der Waals surface area contributed by atoms with Gasteiger partial charge in [-0.1, -0.05) is 13.0 Å². The van der Waals surface area contributed by atoms with E-state index in [4.69, 9.17) is 9.47 Å². The van der Waals surface area contributed by atoms with Crippen LogP contribution in [0, 0.1) is 12.7 Å². The predicted octanol–water partition coefficient (Wildman–Crippen LogP) is 3.05. The molecule has 0 spiro atoms. The van der Waals surface area contributed by atoms with Crippen LogP contribution in [0.1, 0.15) is 31.9 Å². The molecule has 1 aromatic carbocycles. The fourth-order valence-electron chi connectivity index (χ4n) is 2.26. The van der Waals surface area contributed by atoms with Crippen molar-refractivity contribution in [3.8, 4) is 0 Å². The van der Waals surface area contributed by atoms with Crippen molar-refractivity contribution in [2.45, 2.75) is 46.4 Å². The number of likely N-dealkylation sites (N-methyl/N-ethyl adjacent to an activating group) is 1. The maximum absolute atomic E-state index is 13.2. The number of hydrogen-bond acceptors (Lipinski definition) is 3. The molecule has 0 radical (unpaired) electrons. The lowest BCUT2D eigenvalue weighted by molar-refractivity contribution is -0.153. The molecule has 1 aromatic rings. The summed E-state index contributed by atoms with van der Waals surface area (Å²) < 4.78 is 24.5. The van der Waals surface area contributed by atoms with Crippen LogP contribution in [0.15, 0.2) is 18.2 Å². The fourth-order valence-corrected chi connectivity index (χ4v) is 2.26. The van der Waals surface area contributed by atoms with Crippen molar-refractivity contribution >= 4 is 0 Å². The Morgan fingerprint density at radius 2 is 1.80 bits per heavy atom. The Labute approximate surface area is 121 Å². The molecule has 114 valence electrons. The quantitative estimate of drug-likeness (QED) is 0.707. The average molecular weight is 283 g/mol. The second-order valence-electron chi connectivity index (χ2n) is 4.72. The average Bonchev–Trinajstić information content (AvgIpc) is 2.41. The van der Waals surface area contributed by atoms with Gasteiger partial charge in [-0.2, -0.15) is 0 Å². The summed E-state index contributed by atoms with van der Waals surface area (Å²) in [6.07, 6.45) is 0.472. The largest absolute Gasteiger partial charge is 0.351 e. The van der Waals surface area contributed by atoms with Gasteiger partial charge in [0.1, 0.15) is 5.82 Å². The highest BCUT2D eigenvalue weighted by Crippen LogP contribution is 2.15. The van der Waals surface area contributed by atoms with Crippen LogP contribution in [0.25, 0.3) is 0 Å². The van der Waals surface area contributed by atoms with Crippen molar-refractivity contribution < 1.29 is 13.9 Å². The van der Waals surface area contributed by atoms with E-state index in [2.05, 4.69) is 12.2 Å². The van der Waals surface area contributed by atoms with Crippen molar-refractivity contribution in [2.75, 3.05) is 19.8 Å². The van der Waals surface area contributed by atoms with Crippen LogP contribution < -0.4 is 5.32 Å². The number of nitrogens with one attached hydrogen (secondary N) is 1. The summed E-state index contributed by atoms with van der Waals surface area (Å²) in [7, 11) is 0. The van der Waals surface area contributed by atoms with Crippen LogP contribution in [-0.2, 0) is 15.9 Å². The second kappa shape index (κ2) is 9.06. The van der Waals surface area contributed by atoms with E-state index in [1.165, 1.54) is 6.07 Å². The van der Waals surface area contributed by atoms with Gasteiger partial charge in [-0.3, -0.25) is 0 Å². The number of halogens is 1. The lowest BCUT2D eigenvalue weighted by Crippen LogP contribution is -2.44. The van der Waals surface area contributed by atoms with Crippen molar-refractivity contribution in [1.29, 1.82) is 0 Å². The first-order chi connectivity index (χ1) is 9.62. The molecule has 1 unspecified atom stereocenters. The summed E-state index contributed by atoms with van der Waals surface area (Å²) in [6, 6.07) is 4.96. The topological polar surface area (TPSA) is 30.5 Å². The summed E-state index contributed by atoms with van der Waals surface area (Å²) in [5.74, 6) is -0.197. The minimum atomic E-state index is -0.283. The lowest BCUT2D eigenvalue weighted by Gasteiger charge is -2.28. The molecule has 0 bridgehead atoms. The maximum atomic E-state index is 13.2. The third-order valence-corrected chi connectivity index (χ3v) is 3.20. The minimum Gasteiger partial charge on any atom is -0.351 e. The van der Waals surface area contributed by atoms with Crippen molar-refractivity contribution in [3.05, 3.63) is 35.1 Å². The first-order valence-electron chi connectivity index (χ1n) is 7.33. The molecule has 1 atom stereocenters. The zero-order valence-electron chi connectivity index (χ0n) is 12.9. The third-order valence-electron chi connectivity index (χ3n) is 3.20. The van der Waals surface area contributed by atoms with E-state index in [1.54, 1.807) is 6.07 Å². The van der Waals surface area contributed by atoms with Crippen LogP contribution in [-0.4, -0.2) is 32.1 Å². The van der Waals surface area contributed by atoms with Gasteiger partial charge in [0.05, 0.1) is 6.04 Å². The van der Waals surface area contributed by atoms with Gasteiger partial charge in [0.2, 0.25) is 0 Å². The zero-order valence-corrected chi connectivity index (χ0v) is 12.9. The van der Waals surface area contributed by atoms with E-state index >= 15 is 0 Å². The molecular formula is C16H26FNO2. The molecule has 0 amide bonds. The summed E-state index contributed by atoms with van der Waals surface area (Å²) in [5, 5.41) is 3.40. The van der Waals surface area contributed by atoms with Gasteiger partial charge in [-0.05, 0) is 57.0 Å². The van der Waals surface area contributed by atoms with Gasteiger partial charge >= 0.3 is 0 Å². The van der Waals surface area contributed by atoms with E-state index in [0.717, 1.165) is 24.1 Å². The lowest BCUT2D eigenvalue weighted by atomic mass is 10.0. The molecule has 0 saturated carbocycles. The summed E-state index contributed by atoms with van der Waals surface area (Å²) in [5.41, 5.74) is 2.07. The van der Waals surface area contributed by atoms with Gasteiger partial charge in [0.15, 0.2) is 6.29 Å². The Bertz CT molecular complexity index is 392. The SMILES string of the molecule is CCNC(Cc1ccc(F)cc1C)C(OCC)OCC. The van der Waals surface area contributed by atoms with Crippen LogP contribution in [0.2, 0.25) is 0 Å². The van der Waals surface area contributed by atoms with Gasteiger partial charge < -0.3 is 14.8 Å². The smallest absolute Gasteiger partial charge is 0.172 e. The number of benzene rings is 1. The van der Waals surface area contributed by atoms with Gasteiger partial charge in [-0.25, -0.2) is 4.39 Å². The van der Waals surface area contributed by atoms with Gasteiger partial charge in [0.25, 0.3) is 0 Å². The highest BCUT2D eigenvalue weighted by atomic mass is 19.1. The number of aryl methyl sites for hydroxylation is 1. The van der Waals surface area contributed by atoms with Crippen LogP contribution >= 0.6 is 0 Å². The van der Waals surface area contributed by atoms with Gasteiger partial charge in [-0.15, -0.1) is 0 Å². The Morgan fingerprint density at radius 1 is 1.15 bits per heavy atom. The normalized spacial score (nSPS) is 12.9. The highest BCUT2D eigenvalue weighted by Gasteiger charge is 2.22. The molecule has 0 saturated heterocycles. The Morgan fingerprint density at radius 3 is 2.30 bits per heavy atom. The number of rotatable bonds is 9. The van der Waals surface area contributed by atoms with E-state index < -0.39 is 0 Å². The monoisotopic (exact) mass is 283 g/mol. The minimum absolute atomic E-state index is 0.0593. The second-order valence-corrected chi connectivity index (χ2v) is 4.72. The molecule has 0 aliphatic heterocycles. The molecule has 0 aliphatic rings. The molecule has 20 heavy (non-hydrogen) atoms. The molecule has 0 heterocycles. The molecule has 0 aromatic heterocycles. The standard InChI is InChI=1S/C16H26FNO2/c1-5-18-15(16(19-6-2)20-7-3)11-13-8-9-14(17)10-12(13)4/h8-10,15-16,18H,5-7,11H2,1-4H3.